The first-order chi connectivity index (χ1) is 32.6. The number of quaternary nitrogens is 1. The number of likely N-dealkylation sites (N-methyl/N-ethyl adjacent to an activating group) is 1. The molecule has 2 unspecified atom stereocenters. The van der Waals surface area contributed by atoms with E-state index < -0.39 is 24.3 Å². The van der Waals surface area contributed by atoms with Gasteiger partial charge in [-0.05, 0) is 38.5 Å². The van der Waals surface area contributed by atoms with Crippen molar-refractivity contribution in [3.63, 3.8) is 0 Å². The number of carbonyl (C=O) groups excluding carboxylic acids is 2. The molecule has 0 aliphatic heterocycles. The second kappa shape index (κ2) is 50.4. The Kier molecular flexibility index (Phi) is 48.9. The summed E-state index contributed by atoms with van der Waals surface area (Å²) in [5.41, 5.74) is 0. The van der Waals surface area contributed by atoms with E-state index in [2.05, 4.69) is 26.0 Å². The van der Waals surface area contributed by atoms with E-state index in [0.717, 1.165) is 51.4 Å². The van der Waals surface area contributed by atoms with Crippen LogP contribution in [0, 0.1) is 0 Å². The third-order valence-electron chi connectivity index (χ3n) is 13.0. The second-order valence-corrected chi connectivity index (χ2v) is 21.0. The number of aliphatic carboxylic acids is 1. The number of nitrogens with zero attached hydrogens (tertiary/aromatic N) is 1. The van der Waals surface area contributed by atoms with E-state index in [-0.39, 0.29) is 32.2 Å². The van der Waals surface area contributed by atoms with Gasteiger partial charge < -0.3 is 28.5 Å². The van der Waals surface area contributed by atoms with E-state index in [9.17, 15) is 19.5 Å². The number of unbranched alkanes of at least 4 members (excludes halogenated alkanes) is 37. The number of carboxylic acids is 1. The molecule has 1 N–H and O–H groups in total. The highest BCUT2D eigenvalue weighted by atomic mass is 16.7. The molecule has 0 aliphatic carbocycles. The van der Waals surface area contributed by atoms with Crippen molar-refractivity contribution in [2.24, 2.45) is 0 Å². The Morgan fingerprint density at radius 2 is 0.761 bits per heavy atom. The van der Waals surface area contributed by atoms with Gasteiger partial charge >= 0.3 is 17.9 Å². The summed E-state index contributed by atoms with van der Waals surface area (Å²) < 4.78 is 22.9. The summed E-state index contributed by atoms with van der Waals surface area (Å²) in [5, 5.41) is 9.69. The first-order valence-electron chi connectivity index (χ1n) is 28.9. The van der Waals surface area contributed by atoms with Crippen LogP contribution in [0.5, 0.6) is 0 Å². The molecule has 0 fully saturated rings. The molecule has 0 aromatic heterocycles. The lowest BCUT2D eigenvalue weighted by atomic mass is 10.0. The molecule has 2 atom stereocenters. The predicted molar refractivity (Wildman–Crippen MR) is 281 cm³/mol. The first-order valence-corrected chi connectivity index (χ1v) is 28.9. The Hall–Kier alpha value is -1.97. The van der Waals surface area contributed by atoms with Crippen molar-refractivity contribution in [1.29, 1.82) is 0 Å². The fourth-order valence-electron chi connectivity index (χ4n) is 8.54. The highest BCUT2D eigenvalue weighted by molar-refractivity contribution is 5.71. The zero-order valence-electron chi connectivity index (χ0n) is 45.1. The molecule has 0 radical (unpaired) electrons. The van der Waals surface area contributed by atoms with Gasteiger partial charge in [0.05, 0.1) is 34.4 Å². The van der Waals surface area contributed by atoms with Crippen LogP contribution in [-0.4, -0.2) is 87.4 Å². The summed E-state index contributed by atoms with van der Waals surface area (Å²) in [6, 6.07) is 0. The SMILES string of the molecule is CCCCCCCCC/C=C\CCCCCCCCCC(=O)OC(COC(=O)CCCCCCCCCCCCCCCCCCCCCCCCCC)COC(OCC[N+](C)(C)C)C(=O)O. The normalized spacial score (nSPS) is 12.8. The summed E-state index contributed by atoms with van der Waals surface area (Å²) in [7, 11) is 5.98. The van der Waals surface area contributed by atoms with Crippen LogP contribution >= 0.6 is 0 Å². The summed E-state index contributed by atoms with van der Waals surface area (Å²) in [4.78, 5) is 37.4. The smallest absolute Gasteiger partial charge is 0.361 e. The summed E-state index contributed by atoms with van der Waals surface area (Å²) in [5.74, 6) is -1.99. The molecular formula is C58H112NO8+. The summed E-state index contributed by atoms with van der Waals surface area (Å²) >= 11 is 0. The molecule has 396 valence electrons. The van der Waals surface area contributed by atoms with E-state index >= 15 is 0 Å². The van der Waals surface area contributed by atoms with Gasteiger partial charge in [-0.15, -0.1) is 0 Å². The van der Waals surface area contributed by atoms with Gasteiger partial charge in [-0.1, -0.05) is 244 Å². The molecule has 0 amide bonds. The molecule has 0 saturated heterocycles. The van der Waals surface area contributed by atoms with Gasteiger partial charge in [0.2, 0.25) is 0 Å². The molecule has 9 heteroatoms. The van der Waals surface area contributed by atoms with Crippen LogP contribution < -0.4 is 0 Å². The van der Waals surface area contributed by atoms with Crippen molar-refractivity contribution in [3.8, 4) is 0 Å². The Morgan fingerprint density at radius 3 is 1.10 bits per heavy atom. The number of ether oxygens (including phenoxy) is 4. The number of carboxylic acid groups (broad SMARTS) is 1. The zero-order chi connectivity index (χ0) is 49.2. The number of allylic oxidation sites excluding steroid dienone is 2. The van der Waals surface area contributed by atoms with Gasteiger partial charge in [-0.3, -0.25) is 9.59 Å². The molecule has 0 saturated carbocycles. The molecule has 67 heavy (non-hydrogen) atoms. The molecule has 0 aromatic carbocycles. The van der Waals surface area contributed by atoms with Crippen LogP contribution in [0.15, 0.2) is 12.2 Å². The Balaban J connectivity index is 4.19. The largest absolute Gasteiger partial charge is 0.477 e. The molecule has 0 aromatic rings. The van der Waals surface area contributed by atoms with E-state index in [1.54, 1.807) is 0 Å². The summed E-state index contributed by atoms with van der Waals surface area (Å²) in [6.07, 6.45) is 54.3. The molecule has 0 bridgehead atoms. The van der Waals surface area contributed by atoms with Crippen LogP contribution in [0.25, 0.3) is 0 Å². The van der Waals surface area contributed by atoms with Crippen molar-refractivity contribution in [2.45, 2.75) is 296 Å². The predicted octanol–water partition coefficient (Wildman–Crippen LogP) is 16.6. The van der Waals surface area contributed by atoms with Crippen molar-refractivity contribution >= 4 is 17.9 Å². The van der Waals surface area contributed by atoms with Gasteiger partial charge in [-0.25, -0.2) is 4.79 Å². The average Bonchev–Trinajstić information content (AvgIpc) is 3.29. The molecule has 0 spiro atoms. The summed E-state index contributed by atoms with van der Waals surface area (Å²) in [6.45, 7) is 4.92. The van der Waals surface area contributed by atoms with E-state index in [4.69, 9.17) is 18.9 Å². The maximum Gasteiger partial charge on any atom is 0.361 e. The fourth-order valence-corrected chi connectivity index (χ4v) is 8.54. The molecule has 0 heterocycles. The van der Waals surface area contributed by atoms with Crippen LogP contribution in [-0.2, 0) is 33.3 Å². The quantitative estimate of drug-likeness (QED) is 0.0211. The molecule has 9 nitrogen and oxygen atoms in total. The van der Waals surface area contributed by atoms with Gasteiger partial charge in [0, 0.05) is 12.8 Å². The van der Waals surface area contributed by atoms with Crippen LogP contribution in [0.3, 0.4) is 0 Å². The van der Waals surface area contributed by atoms with Crippen molar-refractivity contribution in [3.05, 3.63) is 12.2 Å². The van der Waals surface area contributed by atoms with E-state index in [0.29, 0.717) is 17.4 Å². The maximum atomic E-state index is 12.8. The number of rotatable bonds is 54. The van der Waals surface area contributed by atoms with E-state index in [1.165, 1.54) is 205 Å². The van der Waals surface area contributed by atoms with Gasteiger partial charge in [0.1, 0.15) is 13.2 Å². The minimum Gasteiger partial charge on any atom is -0.477 e. The molecule has 0 rings (SSSR count). The highest BCUT2D eigenvalue weighted by Gasteiger charge is 2.25. The minimum absolute atomic E-state index is 0.177. The van der Waals surface area contributed by atoms with Crippen molar-refractivity contribution in [1.82, 2.24) is 0 Å². The average molecular weight is 952 g/mol. The standard InChI is InChI=1S/C58H111NO8/c1-6-8-10-12-14-16-18-20-22-24-26-27-28-29-30-31-33-34-36-38-40-42-44-46-48-55(60)65-52-54(53-66-58(57(62)63)64-51-50-59(3,4)5)67-56(61)49-47-45-43-41-39-37-35-32-25-23-21-19-17-15-13-11-9-7-2/h23,25,54,58H,6-22,24,26-53H2,1-5H3/p+1/b25-23-. The third kappa shape index (κ3) is 51.7. The number of hydrogen-bond donors (Lipinski definition) is 1. The van der Waals surface area contributed by atoms with Gasteiger partial charge in [-0.2, -0.15) is 0 Å². The Morgan fingerprint density at radius 1 is 0.433 bits per heavy atom. The monoisotopic (exact) mass is 951 g/mol. The van der Waals surface area contributed by atoms with Gasteiger partial charge in [0.15, 0.2) is 6.10 Å². The van der Waals surface area contributed by atoms with Crippen LogP contribution in [0.2, 0.25) is 0 Å². The van der Waals surface area contributed by atoms with Crippen molar-refractivity contribution < 1.29 is 42.9 Å². The number of carbonyl (C=O) groups is 3. The highest BCUT2D eigenvalue weighted by Crippen LogP contribution is 2.17. The second-order valence-electron chi connectivity index (χ2n) is 21.0. The lowest BCUT2D eigenvalue weighted by Crippen LogP contribution is -2.40. The topological polar surface area (TPSA) is 108 Å². The fraction of sp³-hybridized carbons (Fsp3) is 0.914. The Bertz CT molecular complexity index is 1110. The Labute approximate surface area is 415 Å². The number of esters is 2. The number of hydrogen-bond acceptors (Lipinski definition) is 7. The first kappa shape index (κ1) is 65.0. The lowest BCUT2D eigenvalue weighted by Gasteiger charge is -2.25. The molecular weight excluding hydrogens is 839 g/mol. The van der Waals surface area contributed by atoms with Gasteiger partial charge in [0.25, 0.3) is 6.29 Å². The minimum atomic E-state index is -1.51. The lowest BCUT2D eigenvalue weighted by molar-refractivity contribution is -0.870. The van der Waals surface area contributed by atoms with E-state index in [1.807, 2.05) is 21.1 Å². The zero-order valence-corrected chi connectivity index (χ0v) is 45.1. The van der Waals surface area contributed by atoms with Crippen LogP contribution in [0.1, 0.15) is 284 Å². The van der Waals surface area contributed by atoms with Crippen molar-refractivity contribution in [2.75, 3.05) is 47.5 Å². The third-order valence-corrected chi connectivity index (χ3v) is 13.0. The maximum absolute atomic E-state index is 12.8. The molecule has 0 aliphatic rings. The van der Waals surface area contributed by atoms with Crippen LogP contribution in [0.4, 0.5) is 0 Å².